The van der Waals surface area contributed by atoms with E-state index in [1.807, 2.05) is 0 Å². The second kappa shape index (κ2) is 5.91. The van der Waals surface area contributed by atoms with E-state index in [1.165, 1.54) is 5.56 Å². The van der Waals surface area contributed by atoms with Crippen molar-refractivity contribution in [1.29, 1.82) is 0 Å². The van der Waals surface area contributed by atoms with Gasteiger partial charge in [-0.15, -0.1) is 0 Å². The lowest BCUT2D eigenvalue weighted by molar-refractivity contribution is 0.0712. The third kappa shape index (κ3) is 2.57. The highest BCUT2D eigenvalue weighted by Crippen LogP contribution is 2.50. The first-order valence-corrected chi connectivity index (χ1v) is 9.14. The fourth-order valence-corrected chi connectivity index (χ4v) is 3.56. The summed E-state index contributed by atoms with van der Waals surface area (Å²) in [6.07, 6.45) is 0. The molecule has 132 valence electrons. The van der Waals surface area contributed by atoms with Crippen molar-refractivity contribution in [1.82, 2.24) is 0 Å². The largest absolute Gasteiger partial charge is 0.487 e. The van der Waals surface area contributed by atoms with Gasteiger partial charge in [-0.05, 0) is 56.3 Å². The highest BCUT2D eigenvalue weighted by molar-refractivity contribution is 5.77. The number of hydrogen-bond acceptors (Lipinski definition) is 2. The van der Waals surface area contributed by atoms with Crippen molar-refractivity contribution in [2.45, 2.75) is 38.7 Å². The minimum atomic E-state index is -0.224. The molecule has 26 heavy (non-hydrogen) atoms. The zero-order valence-corrected chi connectivity index (χ0v) is 15.9. The number of fused-ring (bicyclic) bond motifs is 1. The van der Waals surface area contributed by atoms with Gasteiger partial charge in [-0.2, -0.15) is 0 Å². The number of nitrogens with zero attached hydrogens (tertiary/aromatic N) is 1. The molecule has 1 heterocycles. The summed E-state index contributed by atoms with van der Waals surface area (Å²) in [4.78, 5) is 2.29. The molecular formula is C24H25NO. The van der Waals surface area contributed by atoms with E-state index < -0.39 is 0 Å². The van der Waals surface area contributed by atoms with Gasteiger partial charge in [-0.1, -0.05) is 50.2 Å². The van der Waals surface area contributed by atoms with Gasteiger partial charge in [0.2, 0.25) is 0 Å². The summed E-state index contributed by atoms with van der Waals surface area (Å²) in [5.74, 6) is 0.991. The summed E-state index contributed by atoms with van der Waals surface area (Å²) in [6, 6.07) is 27.5. The quantitative estimate of drug-likeness (QED) is 0.531. The summed E-state index contributed by atoms with van der Waals surface area (Å²) in [5.41, 5.74) is 4.42. The van der Waals surface area contributed by atoms with Crippen LogP contribution < -0.4 is 9.64 Å². The lowest BCUT2D eigenvalue weighted by Crippen LogP contribution is -2.42. The number of ether oxygens (including phenoxy) is 1. The van der Waals surface area contributed by atoms with Crippen molar-refractivity contribution >= 4 is 17.1 Å². The van der Waals surface area contributed by atoms with Crippen molar-refractivity contribution in [3.63, 3.8) is 0 Å². The first-order chi connectivity index (χ1) is 12.4. The van der Waals surface area contributed by atoms with E-state index in [-0.39, 0.29) is 11.0 Å². The molecule has 3 aromatic rings. The average molecular weight is 343 g/mol. The van der Waals surface area contributed by atoms with E-state index in [2.05, 4.69) is 111 Å². The summed E-state index contributed by atoms with van der Waals surface area (Å²) in [5, 5.41) is 0. The Labute approximate surface area is 156 Å². The van der Waals surface area contributed by atoms with Crippen molar-refractivity contribution in [2.24, 2.45) is 0 Å². The second-order valence-corrected chi connectivity index (χ2v) is 7.92. The van der Waals surface area contributed by atoms with Gasteiger partial charge < -0.3 is 9.64 Å². The first-order valence-electron chi connectivity index (χ1n) is 9.14. The van der Waals surface area contributed by atoms with Gasteiger partial charge in [0, 0.05) is 28.0 Å². The van der Waals surface area contributed by atoms with E-state index >= 15 is 0 Å². The Morgan fingerprint density at radius 3 is 1.73 bits per heavy atom. The molecule has 3 aromatic carbocycles. The predicted molar refractivity (Wildman–Crippen MR) is 109 cm³/mol. The third-order valence-electron chi connectivity index (χ3n) is 5.79. The van der Waals surface area contributed by atoms with Crippen LogP contribution in [-0.2, 0) is 5.41 Å². The van der Waals surface area contributed by atoms with Gasteiger partial charge in [-0.25, -0.2) is 0 Å². The molecule has 0 bridgehead atoms. The SMILES string of the molecule is CC1(C)Oc2ccc(N(c3ccccc3)c3ccccc3)cc2C1(C)C. The van der Waals surface area contributed by atoms with Crippen LogP contribution in [0.3, 0.4) is 0 Å². The molecule has 0 fully saturated rings. The maximum atomic E-state index is 6.24. The van der Waals surface area contributed by atoms with Crippen LogP contribution in [0.5, 0.6) is 5.75 Å². The minimum Gasteiger partial charge on any atom is -0.487 e. The third-order valence-corrected chi connectivity index (χ3v) is 5.79. The molecule has 1 aliphatic heterocycles. The monoisotopic (exact) mass is 343 g/mol. The molecule has 0 amide bonds. The molecule has 4 rings (SSSR count). The molecule has 0 radical (unpaired) electrons. The maximum Gasteiger partial charge on any atom is 0.124 e. The molecule has 0 saturated carbocycles. The highest BCUT2D eigenvalue weighted by atomic mass is 16.5. The Balaban J connectivity index is 1.87. The molecule has 0 aromatic heterocycles. The number of benzene rings is 3. The molecule has 0 aliphatic carbocycles. The zero-order valence-electron chi connectivity index (χ0n) is 15.9. The first kappa shape index (κ1) is 16.7. The van der Waals surface area contributed by atoms with Crippen LogP contribution in [0.2, 0.25) is 0 Å². The number of para-hydroxylation sites is 2. The molecule has 0 atom stereocenters. The Hall–Kier alpha value is -2.74. The van der Waals surface area contributed by atoms with Crippen LogP contribution in [0.4, 0.5) is 17.1 Å². The van der Waals surface area contributed by atoms with Crippen LogP contribution in [0.25, 0.3) is 0 Å². The van der Waals surface area contributed by atoms with E-state index in [0.717, 1.165) is 22.8 Å². The van der Waals surface area contributed by atoms with Gasteiger partial charge in [-0.3, -0.25) is 0 Å². The number of rotatable bonds is 3. The molecule has 0 spiro atoms. The summed E-state index contributed by atoms with van der Waals surface area (Å²) in [7, 11) is 0. The normalized spacial score (nSPS) is 16.6. The standard InChI is InChI=1S/C24H25NO/c1-23(2)21-17-20(15-16-22(21)26-24(23,3)4)25(18-11-7-5-8-12-18)19-13-9-6-10-14-19/h5-17H,1-4H3. The van der Waals surface area contributed by atoms with Gasteiger partial charge in [0.1, 0.15) is 11.4 Å². The van der Waals surface area contributed by atoms with Gasteiger partial charge in [0.05, 0.1) is 0 Å². The average Bonchev–Trinajstić information content (AvgIpc) is 2.82. The Morgan fingerprint density at radius 1 is 0.654 bits per heavy atom. The summed E-state index contributed by atoms with van der Waals surface area (Å²) >= 11 is 0. The van der Waals surface area contributed by atoms with Crippen LogP contribution in [0.1, 0.15) is 33.3 Å². The molecule has 0 unspecified atom stereocenters. The Kier molecular flexibility index (Phi) is 3.80. The summed E-state index contributed by atoms with van der Waals surface area (Å²) < 4.78 is 6.24. The Morgan fingerprint density at radius 2 is 1.19 bits per heavy atom. The smallest absolute Gasteiger partial charge is 0.124 e. The van der Waals surface area contributed by atoms with Gasteiger partial charge in [0.15, 0.2) is 0 Å². The molecule has 2 heteroatoms. The van der Waals surface area contributed by atoms with Crippen molar-refractivity contribution in [2.75, 3.05) is 4.90 Å². The van der Waals surface area contributed by atoms with E-state index in [0.29, 0.717) is 0 Å². The molecular weight excluding hydrogens is 318 g/mol. The predicted octanol–water partition coefficient (Wildman–Crippen LogP) is 6.61. The minimum absolute atomic E-state index is 0.0581. The van der Waals surface area contributed by atoms with Crippen molar-refractivity contribution < 1.29 is 4.74 Å². The lowest BCUT2D eigenvalue weighted by Gasteiger charge is -2.33. The fourth-order valence-electron chi connectivity index (χ4n) is 3.56. The van der Waals surface area contributed by atoms with E-state index in [4.69, 9.17) is 4.74 Å². The van der Waals surface area contributed by atoms with Crippen LogP contribution >= 0.6 is 0 Å². The molecule has 0 saturated heterocycles. The van der Waals surface area contributed by atoms with E-state index in [9.17, 15) is 0 Å². The van der Waals surface area contributed by atoms with Gasteiger partial charge >= 0.3 is 0 Å². The van der Waals surface area contributed by atoms with E-state index in [1.54, 1.807) is 0 Å². The topological polar surface area (TPSA) is 12.5 Å². The second-order valence-electron chi connectivity index (χ2n) is 7.92. The van der Waals surface area contributed by atoms with Crippen LogP contribution in [-0.4, -0.2) is 5.60 Å². The van der Waals surface area contributed by atoms with Crippen molar-refractivity contribution in [3.05, 3.63) is 84.4 Å². The summed E-state index contributed by atoms with van der Waals surface area (Å²) in [6.45, 7) is 8.85. The molecule has 0 N–H and O–H groups in total. The van der Waals surface area contributed by atoms with Crippen molar-refractivity contribution in [3.8, 4) is 5.75 Å². The van der Waals surface area contributed by atoms with Crippen LogP contribution in [0.15, 0.2) is 78.9 Å². The van der Waals surface area contributed by atoms with Crippen LogP contribution in [0, 0.1) is 0 Å². The lowest BCUT2D eigenvalue weighted by atomic mass is 9.74. The maximum absolute atomic E-state index is 6.24. The molecule has 2 nitrogen and oxygen atoms in total. The molecule has 1 aliphatic rings. The number of hydrogen-bond donors (Lipinski definition) is 0. The van der Waals surface area contributed by atoms with Gasteiger partial charge in [0.25, 0.3) is 0 Å². The zero-order chi connectivity index (χ0) is 18.4. The number of anilines is 3. The Bertz CT molecular complexity index is 874. The highest BCUT2D eigenvalue weighted by Gasteiger charge is 2.48. The fraction of sp³-hybridized carbons (Fsp3) is 0.250.